The highest BCUT2D eigenvalue weighted by atomic mass is 35.5. The van der Waals surface area contributed by atoms with Gasteiger partial charge >= 0.3 is 0 Å². The molecule has 0 amide bonds. The molecular weight excluding hydrogens is 188 g/mol. The van der Waals surface area contributed by atoms with Gasteiger partial charge in [0.1, 0.15) is 0 Å². The van der Waals surface area contributed by atoms with E-state index in [0.29, 0.717) is 5.02 Å². The molecule has 64 valence electrons. The topological polar surface area (TPSA) is 0 Å². The Morgan fingerprint density at radius 3 is 2.08 bits per heavy atom. The van der Waals surface area contributed by atoms with Crippen LogP contribution in [0.15, 0.2) is 4.90 Å². The minimum Gasteiger partial charge on any atom is -0.142 e. The Labute approximate surface area is 83.0 Å². The molecule has 0 spiro atoms. The van der Waals surface area contributed by atoms with E-state index in [-0.39, 0.29) is 0 Å². The second-order valence-corrected chi connectivity index (χ2v) is 3.69. The molecule has 0 N–H and O–H groups in total. The smallest absolute Gasteiger partial charge is 0.0518 e. The van der Waals surface area contributed by atoms with Crippen molar-refractivity contribution < 1.29 is 0 Å². The lowest BCUT2D eigenvalue weighted by Gasteiger charge is -2.06. The van der Waals surface area contributed by atoms with Crippen molar-refractivity contribution >= 4 is 37.4 Å². The van der Waals surface area contributed by atoms with Crippen molar-refractivity contribution in [2.24, 2.45) is 0 Å². The molecule has 0 fully saturated rings. The van der Waals surface area contributed by atoms with Crippen LogP contribution >= 0.6 is 24.2 Å². The first kappa shape index (κ1) is 9.69. The van der Waals surface area contributed by atoms with Crippen molar-refractivity contribution in [3.8, 4) is 0 Å². The first-order valence-corrected chi connectivity index (χ1v) is 4.44. The van der Waals surface area contributed by atoms with Gasteiger partial charge in [0.2, 0.25) is 0 Å². The Morgan fingerprint density at radius 2 is 1.58 bits per heavy atom. The van der Waals surface area contributed by atoms with Crippen LogP contribution in [0.3, 0.4) is 0 Å². The molecule has 0 atom stereocenters. The average molecular weight is 199 g/mol. The Morgan fingerprint density at radius 1 is 1.08 bits per heavy atom. The van der Waals surface area contributed by atoms with E-state index < -0.39 is 0 Å². The zero-order chi connectivity index (χ0) is 9.46. The average Bonchev–Trinajstić information content (AvgIpc) is 2.08. The number of thiol groups is 1. The summed E-state index contributed by atoms with van der Waals surface area (Å²) in [4.78, 5) is 0.843. The van der Waals surface area contributed by atoms with Gasteiger partial charge in [-0.1, -0.05) is 24.8 Å². The van der Waals surface area contributed by atoms with Crippen LogP contribution < -0.4 is 10.4 Å². The van der Waals surface area contributed by atoms with Crippen LogP contribution in [0.2, 0.25) is 5.02 Å². The molecule has 0 aliphatic carbocycles. The predicted molar refractivity (Wildman–Crippen MR) is 58.5 cm³/mol. The zero-order valence-corrected chi connectivity index (χ0v) is 8.89. The van der Waals surface area contributed by atoms with Crippen LogP contribution in [-0.2, 0) is 0 Å². The summed E-state index contributed by atoms with van der Waals surface area (Å²) in [7, 11) is 0. The van der Waals surface area contributed by atoms with Gasteiger partial charge in [-0.25, -0.2) is 0 Å². The lowest BCUT2D eigenvalue weighted by atomic mass is 10.1. The highest BCUT2D eigenvalue weighted by Gasteiger charge is 2.04. The predicted octanol–water partition coefficient (Wildman–Crippen LogP) is 2.07. The van der Waals surface area contributed by atoms with Crippen LogP contribution in [-0.4, -0.2) is 0 Å². The van der Waals surface area contributed by atoms with Crippen molar-refractivity contribution in [2.45, 2.75) is 18.7 Å². The molecule has 0 aliphatic heterocycles. The van der Waals surface area contributed by atoms with E-state index in [1.165, 1.54) is 0 Å². The molecule has 0 nitrogen and oxygen atoms in total. The second kappa shape index (κ2) is 3.15. The van der Waals surface area contributed by atoms with Gasteiger partial charge < -0.3 is 0 Å². The Hall–Kier alpha value is -0.400. The maximum absolute atomic E-state index is 6.01. The van der Waals surface area contributed by atoms with Crippen molar-refractivity contribution in [2.75, 3.05) is 0 Å². The van der Waals surface area contributed by atoms with Gasteiger partial charge in [-0.15, -0.1) is 12.6 Å². The maximum atomic E-state index is 6.01. The minimum atomic E-state index is 0.676. The molecule has 0 unspecified atom stereocenters. The summed E-state index contributed by atoms with van der Waals surface area (Å²) in [6, 6.07) is 0. The third-order valence-corrected chi connectivity index (χ3v) is 3.26. The van der Waals surface area contributed by atoms with Crippen LogP contribution in [0.25, 0.3) is 13.2 Å². The zero-order valence-electron chi connectivity index (χ0n) is 7.24. The Kier molecular flexibility index (Phi) is 2.55. The minimum absolute atomic E-state index is 0.676. The van der Waals surface area contributed by atoms with E-state index in [4.69, 9.17) is 11.6 Å². The number of halogens is 1. The SMILES string of the molecule is C=c1c(C)c(S)c(=C)c(Cl)c1C. The molecule has 0 heterocycles. The first-order chi connectivity index (χ1) is 5.46. The first-order valence-electron chi connectivity index (χ1n) is 3.62. The molecule has 1 aromatic rings. The van der Waals surface area contributed by atoms with Crippen LogP contribution in [0.1, 0.15) is 11.1 Å². The van der Waals surface area contributed by atoms with Gasteiger partial charge in [0, 0.05) is 4.90 Å². The fraction of sp³-hybridized carbons (Fsp3) is 0.200. The van der Waals surface area contributed by atoms with Gasteiger partial charge in [0.05, 0.1) is 5.02 Å². The third kappa shape index (κ3) is 1.27. The molecule has 0 radical (unpaired) electrons. The molecule has 1 rings (SSSR count). The van der Waals surface area contributed by atoms with E-state index in [2.05, 4.69) is 25.8 Å². The molecule has 0 bridgehead atoms. The molecule has 1 aromatic carbocycles. The summed E-state index contributed by atoms with van der Waals surface area (Å²) in [6.07, 6.45) is 0. The standard InChI is InChI=1S/C10H11ClS/c1-5-6(2)9(11)8(4)10(12)7(5)3/h12H,1,4H2,2-3H3. The molecule has 0 saturated carbocycles. The lowest BCUT2D eigenvalue weighted by Crippen LogP contribution is -2.18. The normalized spacial score (nSPS) is 10.3. The number of hydrogen-bond acceptors (Lipinski definition) is 1. The summed E-state index contributed by atoms with van der Waals surface area (Å²) >= 11 is 10.3. The van der Waals surface area contributed by atoms with Gasteiger partial charge in [0.15, 0.2) is 0 Å². The van der Waals surface area contributed by atoms with Crippen molar-refractivity contribution in [1.82, 2.24) is 0 Å². The number of rotatable bonds is 0. The van der Waals surface area contributed by atoms with Crippen molar-refractivity contribution in [3.63, 3.8) is 0 Å². The summed E-state index contributed by atoms with van der Waals surface area (Å²) in [6.45, 7) is 11.7. The van der Waals surface area contributed by atoms with Crippen molar-refractivity contribution in [1.29, 1.82) is 0 Å². The molecule has 0 aromatic heterocycles. The van der Waals surface area contributed by atoms with E-state index in [9.17, 15) is 0 Å². The van der Waals surface area contributed by atoms with E-state index in [0.717, 1.165) is 26.5 Å². The maximum Gasteiger partial charge on any atom is 0.0518 e. The third-order valence-electron chi connectivity index (χ3n) is 2.14. The summed E-state index contributed by atoms with van der Waals surface area (Å²) in [5.74, 6) is 0. The van der Waals surface area contributed by atoms with E-state index in [1.807, 2.05) is 13.8 Å². The van der Waals surface area contributed by atoms with E-state index >= 15 is 0 Å². The quantitative estimate of drug-likeness (QED) is 0.607. The largest absolute Gasteiger partial charge is 0.142 e. The molecule has 2 heteroatoms. The van der Waals surface area contributed by atoms with Crippen molar-refractivity contribution in [3.05, 3.63) is 26.6 Å². The monoisotopic (exact) mass is 198 g/mol. The summed E-state index contributed by atoms with van der Waals surface area (Å²) in [5.41, 5.74) is 2.06. The Bertz CT molecular complexity index is 344. The molecule has 0 saturated heterocycles. The Balaban J connectivity index is 3.86. The molecular formula is C10H11ClS. The van der Waals surface area contributed by atoms with Crippen LogP contribution in [0.4, 0.5) is 0 Å². The van der Waals surface area contributed by atoms with E-state index in [1.54, 1.807) is 0 Å². The summed E-state index contributed by atoms with van der Waals surface area (Å²) in [5, 5.41) is 2.43. The lowest BCUT2D eigenvalue weighted by molar-refractivity contribution is 1.20. The van der Waals surface area contributed by atoms with Crippen LogP contribution in [0.5, 0.6) is 0 Å². The fourth-order valence-electron chi connectivity index (χ4n) is 1.11. The summed E-state index contributed by atoms with van der Waals surface area (Å²) < 4.78 is 0. The van der Waals surface area contributed by atoms with Crippen LogP contribution in [0, 0.1) is 13.8 Å². The van der Waals surface area contributed by atoms with Gasteiger partial charge in [-0.05, 0) is 35.4 Å². The number of benzene rings is 1. The highest BCUT2D eigenvalue weighted by Crippen LogP contribution is 2.11. The molecule has 0 aliphatic rings. The van der Waals surface area contributed by atoms with Gasteiger partial charge in [-0.3, -0.25) is 0 Å². The fourth-order valence-corrected chi connectivity index (χ4v) is 1.63. The highest BCUT2D eigenvalue weighted by molar-refractivity contribution is 7.80. The molecule has 12 heavy (non-hydrogen) atoms. The second-order valence-electron chi connectivity index (χ2n) is 2.87. The van der Waals surface area contributed by atoms with Gasteiger partial charge in [0.25, 0.3) is 0 Å². The number of hydrogen-bond donors (Lipinski definition) is 1. The van der Waals surface area contributed by atoms with Gasteiger partial charge in [-0.2, -0.15) is 0 Å².